The third-order valence-corrected chi connectivity index (χ3v) is 7.38. The van der Waals surface area contributed by atoms with Gasteiger partial charge in [-0.05, 0) is 67.1 Å². The molecule has 0 spiro atoms. The van der Waals surface area contributed by atoms with Gasteiger partial charge in [-0.15, -0.1) is 0 Å². The zero-order valence-electron chi connectivity index (χ0n) is 20.5. The highest BCUT2D eigenvalue weighted by molar-refractivity contribution is 6.35. The first-order valence-electron chi connectivity index (χ1n) is 12.1. The zero-order chi connectivity index (χ0) is 26.8. The van der Waals surface area contributed by atoms with Gasteiger partial charge in [-0.25, -0.2) is 0 Å². The van der Waals surface area contributed by atoms with E-state index in [-0.39, 0.29) is 11.7 Å². The summed E-state index contributed by atoms with van der Waals surface area (Å²) in [5.41, 5.74) is 3.70. The maximum absolute atomic E-state index is 12.9. The van der Waals surface area contributed by atoms with Crippen LogP contribution in [0.15, 0.2) is 77.2 Å². The Morgan fingerprint density at radius 3 is 2.34 bits per heavy atom. The van der Waals surface area contributed by atoms with Crippen molar-refractivity contribution in [1.29, 1.82) is 0 Å². The van der Waals surface area contributed by atoms with Crippen LogP contribution in [0.1, 0.15) is 26.5 Å². The lowest BCUT2D eigenvalue weighted by Gasteiger charge is -2.36. The summed E-state index contributed by atoms with van der Waals surface area (Å²) in [4.78, 5) is 29.7. The number of carbonyl (C=O) groups excluding carboxylic acids is 2. The topological polar surface area (TPSA) is 65.8 Å². The summed E-state index contributed by atoms with van der Waals surface area (Å²) in [6, 6.07) is 21.3. The molecule has 1 aromatic heterocycles. The maximum Gasteiger partial charge on any atom is 0.291 e. The van der Waals surface area contributed by atoms with Gasteiger partial charge in [0, 0.05) is 48.0 Å². The van der Waals surface area contributed by atoms with E-state index in [2.05, 4.69) is 10.2 Å². The molecule has 4 aromatic rings. The van der Waals surface area contributed by atoms with Crippen LogP contribution in [0.2, 0.25) is 15.1 Å². The SMILES string of the molecule is Cc1ccccc1C(=O)N1CCN(c2ccc(NC(=O)c3ccc(-c4cc(Cl)ccc4Cl)o3)cc2Cl)CC1. The van der Waals surface area contributed by atoms with E-state index in [4.69, 9.17) is 39.2 Å². The second kappa shape index (κ2) is 11.1. The molecule has 1 saturated heterocycles. The van der Waals surface area contributed by atoms with Crippen LogP contribution < -0.4 is 10.2 Å². The van der Waals surface area contributed by atoms with Crippen molar-refractivity contribution in [3.8, 4) is 11.3 Å². The average molecular weight is 569 g/mol. The van der Waals surface area contributed by atoms with E-state index >= 15 is 0 Å². The summed E-state index contributed by atoms with van der Waals surface area (Å²) in [5.74, 6) is 0.203. The predicted octanol–water partition coefficient (Wildman–Crippen LogP) is 7.43. The lowest BCUT2D eigenvalue weighted by molar-refractivity contribution is 0.0746. The van der Waals surface area contributed by atoms with Crippen LogP contribution in [0.5, 0.6) is 0 Å². The smallest absolute Gasteiger partial charge is 0.291 e. The molecule has 1 aliphatic heterocycles. The Hall–Kier alpha value is -3.45. The van der Waals surface area contributed by atoms with Crippen LogP contribution in [0.25, 0.3) is 11.3 Å². The molecule has 0 unspecified atom stereocenters. The number of amides is 2. The molecular weight excluding hydrogens is 545 g/mol. The quantitative estimate of drug-likeness (QED) is 0.272. The van der Waals surface area contributed by atoms with Crippen molar-refractivity contribution >= 4 is 58.0 Å². The Balaban J connectivity index is 1.22. The number of furan rings is 1. The van der Waals surface area contributed by atoms with Gasteiger partial charge in [-0.3, -0.25) is 9.59 Å². The number of nitrogens with zero attached hydrogens (tertiary/aromatic N) is 2. The Bertz CT molecular complexity index is 1510. The van der Waals surface area contributed by atoms with Gasteiger partial charge in [0.2, 0.25) is 0 Å². The number of halogens is 3. The fourth-order valence-corrected chi connectivity index (χ4v) is 5.14. The molecule has 5 rings (SSSR count). The number of piperazine rings is 1. The molecule has 1 N–H and O–H groups in total. The number of nitrogens with one attached hydrogen (secondary N) is 1. The van der Waals surface area contributed by atoms with E-state index in [0.29, 0.717) is 58.3 Å². The summed E-state index contributed by atoms with van der Waals surface area (Å²) in [6.45, 7) is 4.46. The molecule has 1 fully saturated rings. The molecule has 2 amide bonds. The Morgan fingerprint density at radius 1 is 0.842 bits per heavy atom. The molecule has 2 heterocycles. The highest BCUT2D eigenvalue weighted by Crippen LogP contribution is 2.33. The second-order valence-electron chi connectivity index (χ2n) is 9.00. The number of rotatable bonds is 5. The number of hydrogen-bond acceptors (Lipinski definition) is 4. The van der Waals surface area contributed by atoms with Gasteiger partial charge in [-0.2, -0.15) is 0 Å². The van der Waals surface area contributed by atoms with Gasteiger partial charge in [-0.1, -0.05) is 53.0 Å². The lowest BCUT2D eigenvalue weighted by Crippen LogP contribution is -2.49. The number of carbonyl (C=O) groups is 2. The molecule has 0 bridgehead atoms. The summed E-state index contributed by atoms with van der Waals surface area (Å²) < 4.78 is 5.73. The van der Waals surface area contributed by atoms with Crippen LogP contribution in [0.3, 0.4) is 0 Å². The van der Waals surface area contributed by atoms with E-state index in [1.807, 2.05) is 42.2 Å². The first-order valence-corrected chi connectivity index (χ1v) is 13.2. The molecule has 3 aromatic carbocycles. The van der Waals surface area contributed by atoms with Crippen LogP contribution in [0.4, 0.5) is 11.4 Å². The van der Waals surface area contributed by atoms with Crippen molar-refractivity contribution in [3.05, 3.63) is 105 Å². The number of anilines is 2. The standard InChI is InChI=1S/C29H24Cl3N3O3/c1-18-4-2-3-5-21(18)29(37)35-14-12-34(13-15-35)25-9-7-20(17-24(25)32)33-28(36)27-11-10-26(38-27)22-16-19(30)6-8-23(22)31/h2-11,16-17H,12-15H2,1H3,(H,33,36). The number of benzene rings is 3. The van der Waals surface area contributed by atoms with Crippen molar-refractivity contribution in [2.24, 2.45) is 0 Å². The number of aryl methyl sites for hydroxylation is 1. The van der Waals surface area contributed by atoms with Gasteiger partial charge >= 0.3 is 0 Å². The molecule has 38 heavy (non-hydrogen) atoms. The van der Waals surface area contributed by atoms with Gasteiger partial charge in [0.1, 0.15) is 5.76 Å². The largest absolute Gasteiger partial charge is 0.451 e. The summed E-state index contributed by atoms with van der Waals surface area (Å²) in [6.07, 6.45) is 0. The van der Waals surface area contributed by atoms with Crippen molar-refractivity contribution < 1.29 is 14.0 Å². The van der Waals surface area contributed by atoms with Crippen molar-refractivity contribution in [3.63, 3.8) is 0 Å². The third kappa shape index (κ3) is 5.53. The summed E-state index contributed by atoms with van der Waals surface area (Å²) >= 11 is 18.9. The first kappa shape index (κ1) is 26.2. The van der Waals surface area contributed by atoms with E-state index < -0.39 is 5.91 Å². The lowest BCUT2D eigenvalue weighted by atomic mass is 10.1. The minimum atomic E-state index is -0.415. The Morgan fingerprint density at radius 2 is 1.61 bits per heavy atom. The van der Waals surface area contributed by atoms with E-state index in [9.17, 15) is 9.59 Å². The third-order valence-electron chi connectivity index (χ3n) is 6.51. The molecule has 1 aliphatic rings. The summed E-state index contributed by atoms with van der Waals surface area (Å²) in [7, 11) is 0. The fraction of sp³-hybridized carbons (Fsp3) is 0.172. The minimum Gasteiger partial charge on any atom is -0.451 e. The first-order chi connectivity index (χ1) is 18.3. The van der Waals surface area contributed by atoms with Crippen LogP contribution in [-0.4, -0.2) is 42.9 Å². The normalized spacial score (nSPS) is 13.5. The summed E-state index contributed by atoms with van der Waals surface area (Å²) in [5, 5.41) is 4.31. The minimum absolute atomic E-state index is 0.0469. The van der Waals surface area contributed by atoms with Crippen LogP contribution in [-0.2, 0) is 0 Å². The van der Waals surface area contributed by atoms with E-state index in [1.165, 1.54) is 0 Å². The zero-order valence-corrected chi connectivity index (χ0v) is 22.8. The molecule has 0 saturated carbocycles. The predicted molar refractivity (Wildman–Crippen MR) is 153 cm³/mol. The van der Waals surface area contributed by atoms with Gasteiger partial charge in [0.05, 0.1) is 15.7 Å². The highest BCUT2D eigenvalue weighted by atomic mass is 35.5. The van der Waals surface area contributed by atoms with Gasteiger partial charge < -0.3 is 19.5 Å². The molecule has 194 valence electrons. The van der Waals surface area contributed by atoms with Gasteiger partial charge in [0.15, 0.2) is 5.76 Å². The van der Waals surface area contributed by atoms with Crippen LogP contribution >= 0.6 is 34.8 Å². The Kier molecular flexibility index (Phi) is 7.65. The molecule has 0 aliphatic carbocycles. The molecule has 9 heteroatoms. The average Bonchev–Trinajstić information content (AvgIpc) is 3.41. The van der Waals surface area contributed by atoms with Crippen molar-refractivity contribution in [2.45, 2.75) is 6.92 Å². The molecule has 0 atom stereocenters. The highest BCUT2D eigenvalue weighted by Gasteiger charge is 2.24. The Labute approximate surface area is 235 Å². The van der Waals surface area contributed by atoms with Crippen molar-refractivity contribution in [1.82, 2.24) is 4.90 Å². The molecule has 6 nitrogen and oxygen atoms in total. The molecule has 0 radical (unpaired) electrons. The van der Waals surface area contributed by atoms with Crippen LogP contribution in [0, 0.1) is 6.92 Å². The maximum atomic E-state index is 12.9. The molecular formula is C29H24Cl3N3O3. The second-order valence-corrected chi connectivity index (χ2v) is 10.3. The number of hydrogen-bond donors (Lipinski definition) is 1. The van der Waals surface area contributed by atoms with E-state index in [1.54, 1.807) is 42.5 Å². The van der Waals surface area contributed by atoms with Gasteiger partial charge in [0.25, 0.3) is 11.8 Å². The monoisotopic (exact) mass is 567 g/mol. The van der Waals surface area contributed by atoms with E-state index in [0.717, 1.165) is 16.8 Å². The fourth-order valence-electron chi connectivity index (χ4n) is 4.46. The van der Waals surface area contributed by atoms with Crippen molar-refractivity contribution in [2.75, 3.05) is 36.4 Å².